The summed E-state index contributed by atoms with van der Waals surface area (Å²) < 4.78 is 0. The van der Waals surface area contributed by atoms with Crippen molar-refractivity contribution >= 4 is 0 Å². The van der Waals surface area contributed by atoms with Gasteiger partial charge < -0.3 is 5.32 Å². The van der Waals surface area contributed by atoms with E-state index in [4.69, 9.17) is 0 Å². The third kappa shape index (κ3) is 3.58. The van der Waals surface area contributed by atoms with Crippen molar-refractivity contribution in [2.45, 2.75) is 53.0 Å². The van der Waals surface area contributed by atoms with E-state index < -0.39 is 0 Å². The molecule has 0 aliphatic heterocycles. The zero-order chi connectivity index (χ0) is 13.2. The van der Waals surface area contributed by atoms with Gasteiger partial charge >= 0.3 is 0 Å². The van der Waals surface area contributed by atoms with E-state index >= 15 is 0 Å². The molecule has 18 heavy (non-hydrogen) atoms. The molecule has 1 atom stereocenters. The number of benzene rings is 1. The first-order chi connectivity index (χ1) is 8.48. The molecule has 1 fully saturated rings. The van der Waals surface area contributed by atoms with Gasteiger partial charge in [-0.15, -0.1) is 0 Å². The maximum absolute atomic E-state index is 3.63. The lowest BCUT2D eigenvalue weighted by atomic mass is 9.82. The van der Waals surface area contributed by atoms with Gasteiger partial charge in [-0.05, 0) is 47.8 Å². The molecule has 0 aromatic heterocycles. The van der Waals surface area contributed by atoms with Gasteiger partial charge in [0.2, 0.25) is 0 Å². The minimum Gasteiger partial charge on any atom is -0.312 e. The molecule has 0 radical (unpaired) electrons. The van der Waals surface area contributed by atoms with Crippen molar-refractivity contribution in [3.63, 3.8) is 0 Å². The Hall–Kier alpha value is -0.820. The summed E-state index contributed by atoms with van der Waals surface area (Å²) in [5.74, 6) is 1.55. The normalized spacial score (nSPS) is 17.8. The van der Waals surface area contributed by atoms with Crippen LogP contribution in [0.25, 0.3) is 0 Å². The fourth-order valence-electron chi connectivity index (χ4n) is 2.22. The summed E-state index contributed by atoms with van der Waals surface area (Å²) in [6.45, 7) is 11.4. The van der Waals surface area contributed by atoms with Crippen LogP contribution in [0, 0.1) is 11.3 Å². The van der Waals surface area contributed by atoms with Crippen LogP contribution in [-0.2, 0) is 6.54 Å². The molecule has 0 spiro atoms. The molecule has 1 aliphatic rings. The topological polar surface area (TPSA) is 12.0 Å². The predicted octanol–water partition coefficient (Wildman–Crippen LogP) is 4.34. The molecule has 1 heteroatoms. The lowest BCUT2D eigenvalue weighted by molar-refractivity contribution is 0.252. The Labute approximate surface area is 112 Å². The summed E-state index contributed by atoms with van der Waals surface area (Å²) in [5.41, 5.74) is 3.47. The van der Waals surface area contributed by atoms with Gasteiger partial charge in [-0.25, -0.2) is 0 Å². The molecule has 1 aromatic carbocycles. The Morgan fingerprint density at radius 1 is 1.22 bits per heavy atom. The monoisotopic (exact) mass is 245 g/mol. The first-order valence-corrected chi connectivity index (χ1v) is 7.27. The minimum atomic E-state index is 0.392. The highest BCUT2D eigenvalue weighted by Gasteiger charge is 2.25. The van der Waals surface area contributed by atoms with Gasteiger partial charge in [0.15, 0.2) is 0 Å². The largest absolute Gasteiger partial charge is 0.312 e. The lowest BCUT2D eigenvalue weighted by Gasteiger charge is -2.27. The molecule has 100 valence electrons. The molecule has 1 saturated carbocycles. The SMILES string of the molecule is CC(CNCc1ccccc1C1CC1)C(C)(C)C. The van der Waals surface area contributed by atoms with Crippen LogP contribution in [-0.4, -0.2) is 6.54 Å². The first kappa shape index (κ1) is 13.6. The fraction of sp³-hybridized carbons (Fsp3) is 0.647. The van der Waals surface area contributed by atoms with Crippen molar-refractivity contribution in [1.29, 1.82) is 0 Å². The second-order valence-electron chi connectivity index (χ2n) is 6.87. The molecule has 0 bridgehead atoms. The van der Waals surface area contributed by atoms with Gasteiger partial charge in [0.1, 0.15) is 0 Å². The molecule has 1 aromatic rings. The second-order valence-corrected chi connectivity index (χ2v) is 6.87. The zero-order valence-electron chi connectivity index (χ0n) is 12.3. The van der Waals surface area contributed by atoms with Crippen LogP contribution in [0.4, 0.5) is 0 Å². The van der Waals surface area contributed by atoms with E-state index in [-0.39, 0.29) is 0 Å². The lowest BCUT2D eigenvalue weighted by Crippen LogP contribution is -2.29. The van der Waals surface area contributed by atoms with Crippen molar-refractivity contribution in [3.8, 4) is 0 Å². The molecule has 0 heterocycles. The Morgan fingerprint density at radius 3 is 2.50 bits per heavy atom. The third-order valence-electron chi connectivity index (χ3n) is 4.32. The first-order valence-electron chi connectivity index (χ1n) is 7.27. The summed E-state index contributed by atoms with van der Waals surface area (Å²) in [5, 5.41) is 3.63. The average Bonchev–Trinajstić information content (AvgIpc) is 3.12. The van der Waals surface area contributed by atoms with E-state index in [1.165, 1.54) is 18.4 Å². The van der Waals surface area contributed by atoms with Crippen molar-refractivity contribution in [3.05, 3.63) is 35.4 Å². The molecule has 0 amide bonds. The summed E-state index contributed by atoms with van der Waals surface area (Å²) >= 11 is 0. The third-order valence-corrected chi connectivity index (χ3v) is 4.32. The maximum Gasteiger partial charge on any atom is 0.0208 e. The average molecular weight is 245 g/mol. The Balaban J connectivity index is 1.87. The van der Waals surface area contributed by atoms with E-state index in [9.17, 15) is 0 Å². The summed E-state index contributed by atoms with van der Waals surface area (Å²) in [6, 6.07) is 8.93. The van der Waals surface area contributed by atoms with E-state index in [0.717, 1.165) is 19.0 Å². The van der Waals surface area contributed by atoms with Crippen LogP contribution in [0.1, 0.15) is 57.6 Å². The Morgan fingerprint density at radius 2 is 1.89 bits per heavy atom. The molecule has 1 N–H and O–H groups in total. The molecular weight excluding hydrogens is 218 g/mol. The molecule has 1 aliphatic carbocycles. The highest BCUT2D eigenvalue weighted by atomic mass is 14.9. The minimum absolute atomic E-state index is 0.392. The summed E-state index contributed by atoms with van der Waals surface area (Å²) in [4.78, 5) is 0. The Kier molecular flexibility index (Phi) is 4.11. The van der Waals surface area contributed by atoms with Gasteiger partial charge in [-0.3, -0.25) is 0 Å². The van der Waals surface area contributed by atoms with E-state index in [1.54, 1.807) is 5.56 Å². The molecular formula is C17H27N. The number of hydrogen-bond donors (Lipinski definition) is 1. The number of hydrogen-bond acceptors (Lipinski definition) is 1. The Bertz CT molecular complexity index is 385. The van der Waals surface area contributed by atoms with Gasteiger partial charge in [0.05, 0.1) is 0 Å². The van der Waals surface area contributed by atoms with E-state index in [0.29, 0.717) is 11.3 Å². The second kappa shape index (κ2) is 5.44. The maximum atomic E-state index is 3.63. The van der Waals surface area contributed by atoms with Gasteiger partial charge in [0.25, 0.3) is 0 Å². The zero-order valence-corrected chi connectivity index (χ0v) is 12.3. The van der Waals surface area contributed by atoms with Gasteiger partial charge in [-0.2, -0.15) is 0 Å². The van der Waals surface area contributed by atoms with Crippen LogP contribution >= 0.6 is 0 Å². The van der Waals surface area contributed by atoms with Crippen molar-refractivity contribution in [2.24, 2.45) is 11.3 Å². The van der Waals surface area contributed by atoms with Crippen LogP contribution < -0.4 is 5.32 Å². The van der Waals surface area contributed by atoms with Crippen LogP contribution in [0.3, 0.4) is 0 Å². The smallest absolute Gasteiger partial charge is 0.0208 e. The van der Waals surface area contributed by atoms with Crippen LogP contribution in [0.15, 0.2) is 24.3 Å². The van der Waals surface area contributed by atoms with Gasteiger partial charge in [-0.1, -0.05) is 52.0 Å². The van der Waals surface area contributed by atoms with Gasteiger partial charge in [0, 0.05) is 6.54 Å². The summed E-state index contributed by atoms with van der Waals surface area (Å²) in [7, 11) is 0. The highest BCUT2D eigenvalue weighted by Crippen LogP contribution is 2.41. The molecule has 1 nitrogen and oxygen atoms in total. The molecule has 1 unspecified atom stereocenters. The quantitative estimate of drug-likeness (QED) is 0.814. The highest BCUT2D eigenvalue weighted by molar-refractivity contribution is 5.33. The molecule has 2 rings (SSSR count). The standard InChI is InChI=1S/C17H27N/c1-13(17(2,3)4)11-18-12-15-7-5-6-8-16(15)14-9-10-14/h5-8,13-14,18H,9-12H2,1-4H3. The van der Waals surface area contributed by atoms with Crippen LogP contribution in [0.5, 0.6) is 0 Å². The van der Waals surface area contributed by atoms with Crippen molar-refractivity contribution in [1.82, 2.24) is 5.32 Å². The van der Waals surface area contributed by atoms with E-state index in [1.807, 2.05) is 0 Å². The summed E-state index contributed by atoms with van der Waals surface area (Å²) in [6.07, 6.45) is 2.77. The molecule has 0 saturated heterocycles. The fourth-order valence-corrected chi connectivity index (χ4v) is 2.22. The number of rotatable bonds is 5. The van der Waals surface area contributed by atoms with Crippen LogP contribution in [0.2, 0.25) is 0 Å². The number of nitrogens with one attached hydrogen (secondary N) is 1. The van der Waals surface area contributed by atoms with E-state index in [2.05, 4.69) is 57.3 Å². The van der Waals surface area contributed by atoms with Crippen molar-refractivity contribution < 1.29 is 0 Å². The van der Waals surface area contributed by atoms with Crippen molar-refractivity contribution in [2.75, 3.05) is 6.54 Å². The predicted molar refractivity (Wildman–Crippen MR) is 78.7 cm³/mol.